The van der Waals surface area contributed by atoms with Gasteiger partial charge in [-0.15, -0.1) is 0 Å². The Morgan fingerprint density at radius 3 is 2.88 bits per heavy atom. The minimum atomic E-state index is -0.454. The Hall–Kier alpha value is -3.03. The highest BCUT2D eigenvalue weighted by atomic mass is 19.1. The molecule has 0 atom stereocenters. The number of benzene rings is 1. The van der Waals surface area contributed by atoms with Crippen molar-refractivity contribution in [2.45, 2.75) is 13.3 Å². The van der Waals surface area contributed by atoms with Crippen molar-refractivity contribution in [1.29, 1.82) is 0 Å². The van der Waals surface area contributed by atoms with Gasteiger partial charge in [-0.3, -0.25) is 10.1 Å². The molecule has 0 amide bonds. The zero-order valence-electron chi connectivity index (χ0n) is 13.3. The number of rotatable bonds is 5. The third-order valence-corrected chi connectivity index (χ3v) is 3.87. The summed E-state index contributed by atoms with van der Waals surface area (Å²) in [5.74, 6) is 1.10. The molecule has 0 spiro atoms. The van der Waals surface area contributed by atoms with Crippen LogP contribution in [0.25, 0.3) is 11.0 Å². The Labute approximate surface area is 137 Å². The van der Waals surface area contributed by atoms with Gasteiger partial charge in [-0.25, -0.2) is 14.4 Å². The smallest absolute Gasteiger partial charge is 0.290 e. The maximum Gasteiger partial charge on any atom is 0.290 e. The second kappa shape index (κ2) is 6.23. The molecule has 124 valence electrons. The van der Waals surface area contributed by atoms with Gasteiger partial charge in [-0.2, -0.15) is 0 Å². The van der Waals surface area contributed by atoms with Gasteiger partial charge in [0.05, 0.1) is 16.0 Å². The van der Waals surface area contributed by atoms with Crippen molar-refractivity contribution in [3.63, 3.8) is 0 Å². The Morgan fingerprint density at radius 2 is 2.17 bits per heavy atom. The van der Waals surface area contributed by atoms with Crippen molar-refractivity contribution in [2.24, 2.45) is 7.05 Å². The van der Waals surface area contributed by atoms with Gasteiger partial charge in [0.15, 0.2) is 0 Å². The lowest BCUT2D eigenvalue weighted by Gasteiger charge is -2.07. The van der Waals surface area contributed by atoms with Gasteiger partial charge in [0.1, 0.15) is 23.7 Å². The van der Waals surface area contributed by atoms with E-state index in [1.807, 2.05) is 11.6 Å². The van der Waals surface area contributed by atoms with Crippen LogP contribution in [-0.2, 0) is 13.5 Å². The third kappa shape index (κ3) is 3.03. The monoisotopic (exact) mass is 329 g/mol. The molecule has 7 nitrogen and oxygen atoms in total. The number of imidazole rings is 1. The molecule has 0 aliphatic heterocycles. The van der Waals surface area contributed by atoms with E-state index in [4.69, 9.17) is 0 Å². The molecule has 0 saturated carbocycles. The summed E-state index contributed by atoms with van der Waals surface area (Å²) in [5.41, 5.74) is 2.04. The van der Waals surface area contributed by atoms with Crippen LogP contribution in [0.5, 0.6) is 0 Å². The van der Waals surface area contributed by atoms with Crippen LogP contribution in [0.3, 0.4) is 0 Å². The lowest BCUT2D eigenvalue weighted by molar-refractivity contribution is -0.385. The lowest BCUT2D eigenvalue weighted by atomic mass is 10.2. The first-order valence-corrected chi connectivity index (χ1v) is 7.41. The van der Waals surface area contributed by atoms with Gasteiger partial charge >= 0.3 is 0 Å². The molecule has 1 aromatic carbocycles. The van der Waals surface area contributed by atoms with Crippen LogP contribution in [0.2, 0.25) is 0 Å². The number of anilines is 1. The quantitative estimate of drug-likeness (QED) is 0.574. The lowest BCUT2D eigenvalue weighted by Crippen LogP contribution is -2.10. The van der Waals surface area contributed by atoms with Gasteiger partial charge in [0.2, 0.25) is 0 Å². The van der Waals surface area contributed by atoms with Gasteiger partial charge in [0, 0.05) is 25.6 Å². The molecule has 0 fully saturated rings. The number of fused-ring (bicyclic) bond motifs is 1. The van der Waals surface area contributed by atoms with Crippen molar-refractivity contribution in [2.75, 3.05) is 11.9 Å². The summed E-state index contributed by atoms with van der Waals surface area (Å²) in [6, 6.07) is 6.15. The fourth-order valence-corrected chi connectivity index (χ4v) is 2.58. The van der Waals surface area contributed by atoms with E-state index >= 15 is 0 Å². The van der Waals surface area contributed by atoms with Crippen molar-refractivity contribution >= 4 is 22.5 Å². The molecular weight excluding hydrogens is 313 g/mol. The summed E-state index contributed by atoms with van der Waals surface area (Å²) in [7, 11) is 1.85. The van der Waals surface area contributed by atoms with Crippen molar-refractivity contribution in [1.82, 2.24) is 14.5 Å². The van der Waals surface area contributed by atoms with E-state index in [-0.39, 0.29) is 11.5 Å². The maximum absolute atomic E-state index is 13.3. The molecule has 1 N–H and O–H groups in total. The van der Waals surface area contributed by atoms with E-state index in [0.717, 1.165) is 16.9 Å². The molecule has 0 aliphatic carbocycles. The van der Waals surface area contributed by atoms with Crippen molar-refractivity contribution < 1.29 is 9.31 Å². The van der Waals surface area contributed by atoms with Gasteiger partial charge in [-0.05, 0) is 31.2 Å². The second-order valence-electron chi connectivity index (χ2n) is 5.51. The highest BCUT2D eigenvalue weighted by Gasteiger charge is 2.12. The number of nitrogens with one attached hydrogen (secondary N) is 1. The molecular formula is C16H16FN5O2. The second-order valence-corrected chi connectivity index (χ2v) is 5.51. The van der Waals surface area contributed by atoms with Crippen LogP contribution in [0.1, 0.15) is 11.4 Å². The first kappa shape index (κ1) is 15.9. The highest BCUT2D eigenvalue weighted by Crippen LogP contribution is 2.19. The van der Waals surface area contributed by atoms with Crippen LogP contribution in [0.15, 0.2) is 30.5 Å². The molecule has 0 unspecified atom stereocenters. The fourth-order valence-electron chi connectivity index (χ4n) is 2.58. The molecule has 2 heterocycles. The minimum Gasteiger partial charge on any atom is -0.370 e. The number of hydrogen-bond acceptors (Lipinski definition) is 5. The number of aryl methyl sites for hydroxylation is 2. The summed E-state index contributed by atoms with van der Waals surface area (Å²) in [6.07, 6.45) is 1.86. The number of hydrogen-bond donors (Lipinski definition) is 1. The predicted octanol–water partition coefficient (Wildman–Crippen LogP) is 2.98. The molecule has 0 saturated heterocycles. The van der Waals surface area contributed by atoms with E-state index in [1.54, 1.807) is 19.1 Å². The first-order valence-electron chi connectivity index (χ1n) is 7.41. The molecule has 8 heteroatoms. The topological polar surface area (TPSA) is 85.9 Å². The highest BCUT2D eigenvalue weighted by molar-refractivity contribution is 5.75. The minimum absolute atomic E-state index is 0.00192. The summed E-state index contributed by atoms with van der Waals surface area (Å²) in [6.45, 7) is 2.23. The number of halogens is 1. The molecule has 0 bridgehead atoms. The van der Waals surface area contributed by atoms with E-state index in [0.29, 0.717) is 24.3 Å². The molecule has 24 heavy (non-hydrogen) atoms. The first-order chi connectivity index (χ1) is 11.5. The molecule has 3 aromatic rings. The Bertz CT molecular complexity index is 922. The van der Waals surface area contributed by atoms with Gasteiger partial charge in [-0.1, -0.05) is 0 Å². The summed E-state index contributed by atoms with van der Waals surface area (Å²) >= 11 is 0. The number of pyridine rings is 1. The zero-order valence-corrected chi connectivity index (χ0v) is 13.3. The summed E-state index contributed by atoms with van der Waals surface area (Å²) in [4.78, 5) is 18.9. The van der Waals surface area contributed by atoms with E-state index < -0.39 is 4.92 Å². The Kier molecular flexibility index (Phi) is 4.11. The van der Waals surface area contributed by atoms with Crippen LogP contribution in [0, 0.1) is 22.9 Å². The van der Waals surface area contributed by atoms with Crippen LogP contribution < -0.4 is 5.32 Å². The largest absolute Gasteiger partial charge is 0.370 e. The van der Waals surface area contributed by atoms with E-state index in [2.05, 4.69) is 15.3 Å². The van der Waals surface area contributed by atoms with E-state index in [9.17, 15) is 14.5 Å². The van der Waals surface area contributed by atoms with Gasteiger partial charge < -0.3 is 9.88 Å². The SMILES string of the molecule is Cc1cc(NCCc2nc3ccc(F)cc3n2C)ncc1[N+](=O)[O-]. The maximum atomic E-state index is 13.3. The third-order valence-electron chi connectivity index (χ3n) is 3.87. The molecule has 0 aliphatic rings. The number of aromatic nitrogens is 3. The van der Waals surface area contributed by atoms with Crippen molar-refractivity contribution in [3.05, 3.63) is 57.8 Å². The van der Waals surface area contributed by atoms with Crippen LogP contribution in [-0.4, -0.2) is 26.0 Å². The normalized spacial score (nSPS) is 11.0. The Morgan fingerprint density at radius 1 is 1.38 bits per heavy atom. The predicted molar refractivity (Wildman–Crippen MR) is 88.5 cm³/mol. The van der Waals surface area contributed by atoms with Gasteiger partial charge in [0.25, 0.3) is 5.69 Å². The molecule has 2 aromatic heterocycles. The average Bonchev–Trinajstić information content (AvgIpc) is 2.83. The Balaban J connectivity index is 1.69. The van der Waals surface area contributed by atoms with Crippen molar-refractivity contribution in [3.8, 4) is 0 Å². The zero-order chi connectivity index (χ0) is 17.3. The summed E-state index contributed by atoms with van der Waals surface area (Å²) < 4.78 is 15.2. The molecule has 0 radical (unpaired) electrons. The average molecular weight is 329 g/mol. The fraction of sp³-hybridized carbons (Fsp3) is 0.250. The number of nitrogens with zero attached hydrogens (tertiary/aromatic N) is 4. The van der Waals surface area contributed by atoms with Crippen LogP contribution in [0.4, 0.5) is 15.9 Å². The summed E-state index contributed by atoms with van der Waals surface area (Å²) in [5, 5.41) is 13.9. The van der Waals surface area contributed by atoms with E-state index in [1.165, 1.54) is 18.3 Å². The number of nitro groups is 1. The van der Waals surface area contributed by atoms with Crippen LogP contribution >= 0.6 is 0 Å². The standard InChI is InChI=1S/C16H16FN5O2/c1-10-7-15(19-9-14(10)22(23)24)18-6-5-16-20-12-4-3-11(17)8-13(12)21(16)2/h3-4,7-9H,5-6H2,1-2H3,(H,18,19). The molecule has 3 rings (SSSR count).